The molecule has 0 amide bonds. The Bertz CT molecular complexity index is 923. The molecule has 0 radical (unpaired) electrons. The van der Waals surface area contributed by atoms with Crippen molar-refractivity contribution in [1.82, 2.24) is 9.88 Å². The topological polar surface area (TPSA) is 77.7 Å². The third-order valence-electron chi connectivity index (χ3n) is 7.00. The fourth-order valence-corrected chi connectivity index (χ4v) is 5.20. The minimum atomic E-state index is -0.465. The molecule has 1 aromatic heterocycles. The molecule has 1 aliphatic carbocycles. The van der Waals surface area contributed by atoms with Crippen LogP contribution in [0.1, 0.15) is 35.2 Å². The van der Waals surface area contributed by atoms with Crippen molar-refractivity contribution >= 4 is 11.8 Å². The van der Waals surface area contributed by atoms with Crippen LogP contribution in [-0.2, 0) is 14.9 Å². The van der Waals surface area contributed by atoms with Crippen LogP contribution in [0.2, 0.25) is 0 Å². The lowest BCUT2D eigenvalue weighted by molar-refractivity contribution is 0.0378. The lowest BCUT2D eigenvalue weighted by Gasteiger charge is -2.33. The standard InChI is InChI=1S/C23H27N3O3/c1-28-22(27)20-10-16(12-25-21(20)24)15-2-4-17(5-3-15)23-11-18(23)13-26(14-23)19-6-8-29-9-7-19/h2-5,10,12,18-19H,6-9,11,13-14H2,1H3,(H2,24,25)/t18-,23+/m1/s1. The van der Waals surface area contributed by atoms with E-state index in [0.29, 0.717) is 17.0 Å². The van der Waals surface area contributed by atoms with Gasteiger partial charge in [-0.25, -0.2) is 9.78 Å². The Balaban J connectivity index is 1.34. The Morgan fingerprint density at radius 3 is 2.72 bits per heavy atom. The Morgan fingerprint density at radius 1 is 1.24 bits per heavy atom. The molecule has 3 fully saturated rings. The van der Waals surface area contributed by atoms with Gasteiger partial charge in [-0.15, -0.1) is 0 Å². The summed E-state index contributed by atoms with van der Waals surface area (Å²) in [5, 5.41) is 0. The van der Waals surface area contributed by atoms with E-state index in [1.807, 2.05) is 0 Å². The van der Waals surface area contributed by atoms with Gasteiger partial charge in [-0.3, -0.25) is 4.90 Å². The molecule has 0 bridgehead atoms. The summed E-state index contributed by atoms with van der Waals surface area (Å²) >= 11 is 0. The quantitative estimate of drug-likeness (QED) is 0.805. The van der Waals surface area contributed by atoms with E-state index >= 15 is 0 Å². The van der Waals surface area contributed by atoms with E-state index in [1.165, 1.54) is 25.6 Å². The second-order valence-electron chi connectivity index (χ2n) is 8.56. The molecule has 2 N–H and O–H groups in total. The number of fused-ring (bicyclic) bond motifs is 1. The first-order valence-corrected chi connectivity index (χ1v) is 10.4. The van der Waals surface area contributed by atoms with Gasteiger partial charge in [-0.05, 0) is 42.4 Å². The smallest absolute Gasteiger partial charge is 0.341 e. The summed E-state index contributed by atoms with van der Waals surface area (Å²) < 4.78 is 10.3. The number of pyridine rings is 1. The van der Waals surface area contributed by atoms with Gasteiger partial charge in [0.05, 0.1) is 7.11 Å². The van der Waals surface area contributed by atoms with Crippen molar-refractivity contribution in [2.24, 2.45) is 5.92 Å². The highest BCUT2D eigenvalue weighted by molar-refractivity contribution is 5.95. The maximum atomic E-state index is 11.9. The molecule has 6 heteroatoms. The number of rotatable bonds is 4. The number of piperidine rings is 1. The van der Waals surface area contributed by atoms with Crippen LogP contribution in [0.4, 0.5) is 5.82 Å². The number of methoxy groups -OCH3 is 1. The fourth-order valence-electron chi connectivity index (χ4n) is 5.20. The summed E-state index contributed by atoms with van der Waals surface area (Å²) in [6.07, 6.45) is 5.32. The fraction of sp³-hybridized carbons (Fsp3) is 0.478. The van der Waals surface area contributed by atoms with Crippen molar-refractivity contribution in [2.45, 2.75) is 30.7 Å². The molecule has 3 aliphatic rings. The Kier molecular flexibility index (Phi) is 4.56. The zero-order chi connectivity index (χ0) is 20.0. The summed E-state index contributed by atoms with van der Waals surface area (Å²) in [4.78, 5) is 18.8. The number of likely N-dealkylation sites (tertiary alicyclic amines) is 1. The zero-order valence-electron chi connectivity index (χ0n) is 16.8. The highest BCUT2D eigenvalue weighted by Gasteiger charge is 2.61. The molecule has 0 unspecified atom stereocenters. The monoisotopic (exact) mass is 393 g/mol. The van der Waals surface area contributed by atoms with Crippen LogP contribution in [0.15, 0.2) is 36.5 Å². The number of hydrogen-bond donors (Lipinski definition) is 1. The minimum absolute atomic E-state index is 0.191. The number of benzene rings is 1. The first-order chi connectivity index (χ1) is 14.1. The predicted octanol–water partition coefficient (Wildman–Crippen LogP) is 2.87. The number of nitrogens with zero attached hydrogens (tertiary/aromatic N) is 2. The molecule has 1 aromatic carbocycles. The van der Waals surface area contributed by atoms with Crippen LogP contribution in [0.25, 0.3) is 11.1 Å². The number of nitrogen functional groups attached to an aromatic ring is 1. The van der Waals surface area contributed by atoms with Gasteiger partial charge in [0.1, 0.15) is 11.4 Å². The largest absolute Gasteiger partial charge is 0.465 e. The van der Waals surface area contributed by atoms with Gasteiger partial charge < -0.3 is 15.2 Å². The number of esters is 1. The Hall–Kier alpha value is -2.44. The third-order valence-corrected chi connectivity index (χ3v) is 7.00. The first-order valence-electron chi connectivity index (χ1n) is 10.4. The van der Waals surface area contributed by atoms with Gasteiger partial charge in [0.25, 0.3) is 0 Å². The van der Waals surface area contributed by atoms with Crippen molar-refractivity contribution in [1.29, 1.82) is 0 Å². The summed E-state index contributed by atoms with van der Waals surface area (Å²) in [7, 11) is 1.35. The number of ether oxygens (including phenoxy) is 2. The van der Waals surface area contributed by atoms with E-state index in [-0.39, 0.29) is 5.82 Å². The second-order valence-corrected chi connectivity index (χ2v) is 8.56. The zero-order valence-corrected chi connectivity index (χ0v) is 16.8. The van der Waals surface area contributed by atoms with E-state index in [2.05, 4.69) is 34.1 Å². The maximum absolute atomic E-state index is 11.9. The highest BCUT2D eigenvalue weighted by Crippen LogP contribution is 2.59. The van der Waals surface area contributed by atoms with Crippen LogP contribution in [0, 0.1) is 5.92 Å². The van der Waals surface area contributed by atoms with E-state index in [0.717, 1.165) is 49.6 Å². The number of carbonyl (C=O) groups excluding carboxylic acids is 1. The first kappa shape index (κ1) is 18.6. The molecular formula is C23H27N3O3. The summed E-state index contributed by atoms with van der Waals surface area (Å²) in [5.41, 5.74) is 9.78. The van der Waals surface area contributed by atoms with Crippen molar-refractivity contribution in [2.75, 3.05) is 39.1 Å². The third kappa shape index (κ3) is 3.20. The predicted molar refractivity (Wildman–Crippen MR) is 111 cm³/mol. The van der Waals surface area contributed by atoms with Crippen molar-refractivity contribution < 1.29 is 14.3 Å². The molecule has 29 heavy (non-hydrogen) atoms. The molecule has 152 valence electrons. The van der Waals surface area contributed by atoms with E-state index in [4.69, 9.17) is 15.2 Å². The lowest BCUT2D eigenvalue weighted by atomic mass is 9.92. The lowest BCUT2D eigenvalue weighted by Crippen LogP contribution is -2.40. The van der Waals surface area contributed by atoms with E-state index in [9.17, 15) is 4.79 Å². The molecule has 3 heterocycles. The molecule has 2 aliphatic heterocycles. The molecule has 0 spiro atoms. The molecule has 2 atom stereocenters. The normalized spacial score (nSPS) is 26.9. The minimum Gasteiger partial charge on any atom is -0.465 e. The second kappa shape index (κ2) is 7.11. The highest BCUT2D eigenvalue weighted by atomic mass is 16.5. The van der Waals surface area contributed by atoms with Gasteiger partial charge in [0, 0.05) is 49.5 Å². The number of hydrogen-bond acceptors (Lipinski definition) is 6. The summed E-state index contributed by atoms with van der Waals surface area (Å²) in [6.45, 7) is 4.18. The van der Waals surface area contributed by atoms with Gasteiger partial charge in [-0.2, -0.15) is 0 Å². The average Bonchev–Trinajstić information content (AvgIpc) is 3.35. The molecule has 2 saturated heterocycles. The van der Waals surface area contributed by atoms with Crippen LogP contribution in [0.3, 0.4) is 0 Å². The summed E-state index contributed by atoms with van der Waals surface area (Å²) in [6, 6.07) is 11.2. The van der Waals surface area contributed by atoms with Crippen LogP contribution in [0.5, 0.6) is 0 Å². The molecule has 5 rings (SSSR count). The molecular weight excluding hydrogens is 366 g/mol. The van der Waals surface area contributed by atoms with Crippen LogP contribution >= 0.6 is 0 Å². The molecule has 2 aromatic rings. The number of aromatic nitrogens is 1. The van der Waals surface area contributed by atoms with Gasteiger partial charge in [-0.1, -0.05) is 24.3 Å². The van der Waals surface area contributed by atoms with Gasteiger partial charge >= 0.3 is 5.97 Å². The number of anilines is 1. The van der Waals surface area contributed by atoms with Crippen molar-refractivity contribution in [3.8, 4) is 11.1 Å². The van der Waals surface area contributed by atoms with Crippen molar-refractivity contribution in [3.05, 3.63) is 47.7 Å². The van der Waals surface area contributed by atoms with E-state index < -0.39 is 5.97 Å². The average molecular weight is 393 g/mol. The van der Waals surface area contributed by atoms with E-state index in [1.54, 1.807) is 12.3 Å². The Morgan fingerprint density at radius 2 is 2.00 bits per heavy atom. The van der Waals surface area contributed by atoms with Gasteiger partial charge in [0.2, 0.25) is 0 Å². The summed E-state index contributed by atoms with van der Waals surface area (Å²) in [5.74, 6) is 0.503. The Labute approximate surface area is 171 Å². The van der Waals surface area contributed by atoms with Crippen LogP contribution < -0.4 is 5.73 Å². The molecule has 6 nitrogen and oxygen atoms in total. The maximum Gasteiger partial charge on any atom is 0.341 e. The SMILES string of the molecule is COC(=O)c1cc(-c2ccc([C@@]34C[C@@H]3CN(C3CCOCC3)C4)cc2)cnc1N. The van der Waals surface area contributed by atoms with Crippen molar-refractivity contribution in [3.63, 3.8) is 0 Å². The molecule has 1 saturated carbocycles. The number of nitrogens with two attached hydrogens (primary N) is 1. The van der Waals surface area contributed by atoms with Crippen LogP contribution in [-0.4, -0.2) is 55.3 Å². The number of carbonyl (C=O) groups is 1. The van der Waals surface area contributed by atoms with Gasteiger partial charge in [0.15, 0.2) is 0 Å².